The summed E-state index contributed by atoms with van der Waals surface area (Å²) < 4.78 is 5.41. The van der Waals surface area contributed by atoms with E-state index in [0.29, 0.717) is 11.8 Å². The predicted octanol–water partition coefficient (Wildman–Crippen LogP) is 2.40. The van der Waals surface area contributed by atoms with Crippen LogP contribution in [-0.2, 0) is 4.74 Å². The monoisotopic (exact) mass is 255 g/mol. The van der Waals surface area contributed by atoms with E-state index in [4.69, 9.17) is 4.74 Å². The van der Waals surface area contributed by atoms with Crippen molar-refractivity contribution in [2.24, 2.45) is 11.8 Å². The van der Waals surface area contributed by atoms with E-state index >= 15 is 0 Å². The van der Waals surface area contributed by atoms with Crippen molar-refractivity contribution in [2.45, 2.75) is 58.2 Å². The lowest BCUT2D eigenvalue weighted by molar-refractivity contribution is -0.00973. The number of ether oxygens (including phenoxy) is 1. The maximum atomic E-state index is 12.0. The Hall–Kier alpha value is -0.770. The second-order valence-electron chi connectivity index (χ2n) is 6.70. The second kappa shape index (κ2) is 5.08. The number of piperidine rings is 1. The molecule has 3 unspecified atom stereocenters. The number of likely N-dealkylation sites (tertiary alicyclic amines) is 1. The first-order chi connectivity index (χ1) is 8.35. The van der Waals surface area contributed by atoms with Gasteiger partial charge in [0.25, 0.3) is 0 Å². The zero-order chi connectivity index (χ0) is 13.3. The molecule has 1 saturated carbocycles. The standard InChI is InChI=1S/C14H25NO3/c1-14(2,3)18-13(17)15-7-6-10-4-5-12(16)8-11(10)9-15/h10-12,16H,4-9H2,1-3H3. The topological polar surface area (TPSA) is 49.8 Å². The number of hydrogen-bond donors (Lipinski definition) is 1. The number of amides is 1. The van der Waals surface area contributed by atoms with Crippen LogP contribution in [-0.4, -0.2) is 40.9 Å². The molecule has 1 saturated heterocycles. The van der Waals surface area contributed by atoms with Crippen LogP contribution < -0.4 is 0 Å². The minimum Gasteiger partial charge on any atom is -0.444 e. The van der Waals surface area contributed by atoms with Gasteiger partial charge >= 0.3 is 6.09 Å². The van der Waals surface area contributed by atoms with Gasteiger partial charge in [-0.05, 0) is 58.3 Å². The van der Waals surface area contributed by atoms with Crippen molar-refractivity contribution in [3.63, 3.8) is 0 Å². The van der Waals surface area contributed by atoms with Gasteiger partial charge in [-0.3, -0.25) is 0 Å². The summed E-state index contributed by atoms with van der Waals surface area (Å²) in [7, 11) is 0. The summed E-state index contributed by atoms with van der Waals surface area (Å²) >= 11 is 0. The summed E-state index contributed by atoms with van der Waals surface area (Å²) in [6.45, 7) is 7.22. The number of carbonyl (C=O) groups excluding carboxylic acids is 1. The molecular weight excluding hydrogens is 230 g/mol. The smallest absolute Gasteiger partial charge is 0.410 e. The molecule has 18 heavy (non-hydrogen) atoms. The lowest BCUT2D eigenvalue weighted by atomic mass is 9.74. The Morgan fingerprint density at radius 3 is 2.61 bits per heavy atom. The minimum absolute atomic E-state index is 0.176. The molecule has 0 radical (unpaired) electrons. The highest BCUT2D eigenvalue weighted by Gasteiger charge is 2.36. The van der Waals surface area contributed by atoms with Crippen molar-refractivity contribution in [1.82, 2.24) is 4.90 Å². The van der Waals surface area contributed by atoms with Gasteiger partial charge in [-0.1, -0.05) is 0 Å². The zero-order valence-electron chi connectivity index (χ0n) is 11.7. The molecular formula is C14H25NO3. The molecule has 4 heteroatoms. The average Bonchev–Trinajstić information content (AvgIpc) is 2.25. The van der Waals surface area contributed by atoms with E-state index < -0.39 is 5.60 Å². The van der Waals surface area contributed by atoms with Crippen molar-refractivity contribution < 1.29 is 14.6 Å². The third-order valence-electron chi connectivity index (χ3n) is 3.99. The largest absolute Gasteiger partial charge is 0.444 e. The summed E-state index contributed by atoms with van der Waals surface area (Å²) in [5, 5.41) is 9.72. The highest BCUT2D eigenvalue weighted by molar-refractivity contribution is 5.68. The van der Waals surface area contributed by atoms with Crippen LogP contribution in [0.1, 0.15) is 46.5 Å². The van der Waals surface area contributed by atoms with Crippen LogP contribution in [0, 0.1) is 11.8 Å². The molecule has 1 aliphatic heterocycles. The molecule has 1 N–H and O–H groups in total. The van der Waals surface area contributed by atoms with Gasteiger partial charge in [-0.2, -0.15) is 0 Å². The SMILES string of the molecule is CC(C)(C)OC(=O)N1CCC2CCC(O)CC2C1. The predicted molar refractivity (Wildman–Crippen MR) is 69.3 cm³/mol. The van der Waals surface area contributed by atoms with Gasteiger partial charge in [-0.25, -0.2) is 4.79 Å². The van der Waals surface area contributed by atoms with E-state index in [9.17, 15) is 9.90 Å². The number of rotatable bonds is 0. The first-order valence-electron chi connectivity index (χ1n) is 7.01. The molecule has 2 aliphatic rings. The fraction of sp³-hybridized carbons (Fsp3) is 0.929. The number of aliphatic hydroxyl groups is 1. The summed E-state index contributed by atoms with van der Waals surface area (Å²) in [5.41, 5.74) is -0.431. The molecule has 2 fully saturated rings. The van der Waals surface area contributed by atoms with Crippen LogP contribution in [0.5, 0.6) is 0 Å². The van der Waals surface area contributed by atoms with Crippen LogP contribution in [0.25, 0.3) is 0 Å². The summed E-state index contributed by atoms with van der Waals surface area (Å²) in [6, 6.07) is 0. The lowest BCUT2D eigenvalue weighted by Gasteiger charge is -2.42. The van der Waals surface area contributed by atoms with Gasteiger partial charge in [-0.15, -0.1) is 0 Å². The molecule has 0 aromatic rings. The molecule has 4 nitrogen and oxygen atoms in total. The van der Waals surface area contributed by atoms with Crippen LogP contribution in [0.15, 0.2) is 0 Å². The zero-order valence-corrected chi connectivity index (χ0v) is 11.7. The second-order valence-corrected chi connectivity index (χ2v) is 6.70. The summed E-state index contributed by atoms with van der Waals surface area (Å²) in [4.78, 5) is 13.8. The fourth-order valence-corrected chi connectivity index (χ4v) is 3.09. The molecule has 0 aromatic heterocycles. The Labute approximate surface area is 109 Å². The van der Waals surface area contributed by atoms with Crippen molar-refractivity contribution in [1.29, 1.82) is 0 Å². The van der Waals surface area contributed by atoms with Crippen molar-refractivity contribution >= 4 is 6.09 Å². The van der Waals surface area contributed by atoms with Crippen LogP contribution in [0.3, 0.4) is 0 Å². The van der Waals surface area contributed by atoms with Gasteiger partial charge in [0.2, 0.25) is 0 Å². The van der Waals surface area contributed by atoms with E-state index in [-0.39, 0.29) is 12.2 Å². The first-order valence-corrected chi connectivity index (χ1v) is 7.01. The number of hydrogen-bond acceptors (Lipinski definition) is 3. The highest BCUT2D eigenvalue weighted by Crippen LogP contribution is 2.36. The summed E-state index contributed by atoms with van der Waals surface area (Å²) in [6.07, 6.45) is 3.54. The fourth-order valence-electron chi connectivity index (χ4n) is 3.09. The van der Waals surface area contributed by atoms with Gasteiger partial charge in [0.05, 0.1) is 6.10 Å². The van der Waals surface area contributed by atoms with Gasteiger partial charge in [0.1, 0.15) is 5.60 Å². The normalized spacial score (nSPS) is 32.9. The number of nitrogens with zero attached hydrogens (tertiary/aromatic N) is 1. The third kappa shape index (κ3) is 3.37. The Balaban J connectivity index is 1.91. The number of fused-ring (bicyclic) bond motifs is 1. The van der Waals surface area contributed by atoms with Crippen molar-refractivity contribution in [3.05, 3.63) is 0 Å². The molecule has 0 bridgehead atoms. The highest BCUT2D eigenvalue weighted by atomic mass is 16.6. The molecule has 1 heterocycles. The lowest BCUT2D eigenvalue weighted by Crippen LogP contribution is -2.48. The quantitative estimate of drug-likeness (QED) is 0.723. The van der Waals surface area contributed by atoms with Gasteiger partial charge in [0, 0.05) is 13.1 Å². The molecule has 0 spiro atoms. The maximum absolute atomic E-state index is 12.0. The Morgan fingerprint density at radius 1 is 1.22 bits per heavy atom. The molecule has 1 amide bonds. The molecule has 0 aromatic carbocycles. The van der Waals surface area contributed by atoms with Crippen LogP contribution in [0.4, 0.5) is 4.79 Å². The first kappa shape index (κ1) is 13.7. The Bertz CT molecular complexity index is 311. The van der Waals surface area contributed by atoms with Crippen LogP contribution in [0.2, 0.25) is 0 Å². The van der Waals surface area contributed by atoms with E-state index in [1.807, 2.05) is 25.7 Å². The van der Waals surface area contributed by atoms with Gasteiger partial charge < -0.3 is 14.7 Å². The maximum Gasteiger partial charge on any atom is 0.410 e. The van der Waals surface area contributed by atoms with Gasteiger partial charge in [0.15, 0.2) is 0 Å². The molecule has 2 rings (SSSR count). The summed E-state index contributed by atoms with van der Waals surface area (Å²) in [5.74, 6) is 1.14. The van der Waals surface area contributed by atoms with E-state index in [0.717, 1.165) is 38.8 Å². The minimum atomic E-state index is -0.431. The third-order valence-corrected chi connectivity index (χ3v) is 3.99. The number of carbonyl (C=O) groups is 1. The van der Waals surface area contributed by atoms with Crippen LogP contribution >= 0.6 is 0 Å². The molecule has 3 atom stereocenters. The van der Waals surface area contributed by atoms with Crippen molar-refractivity contribution in [2.75, 3.05) is 13.1 Å². The van der Waals surface area contributed by atoms with E-state index in [1.165, 1.54) is 0 Å². The molecule has 1 aliphatic carbocycles. The Morgan fingerprint density at radius 2 is 1.94 bits per heavy atom. The number of aliphatic hydroxyl groups excluding tert-OH is 1. The van der Waals surface area contributed by atoms with E-state index in [2.05, 4.69) is 0 Å². The average molecular weight is 255 g/mol. The van der Waals surface area contributed by atoms with E-state index in [1.54, 1.807) is 0 Å². The molecule has 104 valence electrons. The van der Waals surface area contributed by atoms with Crippen molar-refractivity contribution in [3.8, 4) is 0 Å². The Kier molecular flexibility index (Phi) is 3.85.